The molecule has 0 aliphatic rings. The molecule has 0 saturated carbocycles. The van der Waals surface area contributed by atoms with Crippen LogP contribution in [0.25, 0.3) is 11.1 Å². The van der Waals surface area contributed by atoms with Crippen LogP contribution in [0.15, 0.2) is 66.0 Å². The van der Waals surface area contributed by atoms with E-state index in [1.165, 1.54) is 11.3 Å². The van der Waals surface area contributed by atoms with Gasteiger partial charge in [0, 0.05) is 17.5 Å². The summed E-state index contributed by atoms with van der Waals surface area (Å²) in [5.74, 6) is -2.01. The third kappa shape index (κ3) is 5.76. The molecule has 3 N–H and O–H groups in total. The number of carboxylic acids is 1. The molecule has 30 heavy (non-hydrogen) atoms. The van der Waals surface area contributed by atoms with Gasteiger partial charge in [0.1, 0.15) is 18.2 Å². The van der Waals surface area contributed by atoms with Gasteiger partial charge < -0.3 is 20.5 Å². The third-order valence-electron chi connectivity index (χ3n) is 4.11. The second-order valence-electron chi connectivity index (χ2n) is 6.32. The molecule has 1 aromatic heterocycles. The number of benzene rings is 2. The van der Waals surface area contributed by atoms with Crippen molar-refractivity contribution in [1.82, 2.24) is 5.32 Å². The summed E-state index contributed by atoms with van der Waals surface area (Å²) < 4.78 is 4.82. The Labute approximate surface area is 177 Å². The van der Waals surface area contributed by atoms with E-state index in [2.05, 4.69) is 10.6 Å². The molecular weight excluding hydrogens is 404 g/mol. The zero-order valence-corrected chi connectivity index (χ0v) is 16.8. The lowest BCUT2D eigenvalue weighted by Gasteiger charge is -2.10. The topological polar surface area (TPSA) is 105 Å². The van der Waals surface area contributed by atoms with E-state index in [4.69, 9.17) is 9.84 Å². The molecule has 7 nitrogen and oxygen atoms in total. The average Bonchev–Trinajstić information content (AvgIpc) is 3.16. The van der Waals surface area contributed by atoms with Crippen molar-refractivity contribution in [1.29, 1.82) is 0 Å². The number of hydrogen-bond acceptors (Lipinski definition) is 5. The molecule has 1 heterocycles. The maximum absolute atomic E-state index is 13.0. The van der Waals surface area contributed by atoms with E-state index >= 15 is 0 Å². The van der Waals surface area contributed by atoms with Crippen molar-refractivity contribution in [2.45, 2.75) is 6.54 Å². The molecule has 0 aliphatic carbocycles. The van der Waals surface area contributed by atoms with Crippen LogP contribution in [0, 0.1) is 0 Å². The smallest absolute Gasteiger partial charge is 0.329 e. The van der Waals surface area contributed by atoms with Crippen molar-refractivity contribution in [3.05, 3.63) is 77.2 Å². The Morgan fingerprint density at radius 2 is 1.60 bits per heavy atom. The van der Waals surface area contributed by atoms with Crippen LogP contribution in [-0.4, -0.2) is 36.1 Å². The van der Waals surface area contributed by atoms with Crippen LogP contribution in [0.1, 0.15) is 15.9 Å². The minimum Gasteiger partial charge on any atom is -0.480 e. The van der Waals surface area contributed by atoms with Gasteiger partial charge >= 0.3 is 5.97 Å². The number of carboxylic acid groups (broad SMARTS) is 1. The van der Waals surface area contributed by atoms with Crippen LogP contribution >= 0.6 is 11.3 Å². The molecular formula is C22H20N2O5S. The summed E-state index contributed by atoms with van der Waals surface area (Å²) >= 11 is 1.22. The molecule has 2 amide bonds. The van der Waals surface area contributed by atoms with Crippen molar-refractivity contribution < 1.29 is 24.2 Å². The Kier molecular flexibility index (Phi) is 7.31. The van der Waals surface area contributed by atoms with Crippen molar-refractivity contribution >= 4 is 34.1 Å². The number of carbonyl (C=O) groups is 3. The maximum atomic E-state index is 13.0. The van der Waals surface area contributed by atoms with Crippen LogP contribution in [0.5, 0.6) is 0 Å². The molecule has 0 aliphatic heterocycles. The number of carbonyl (C=O) groups excluding carboxylic acids is 2. The van der Waals surface area contributed by atoms with Crippen LogP contribution in [0.4, 0.5) is 5.00 Å². The number of ether oxygens (including phenoxy) is 1. The zero-order valence-electron chi connectivity index (χ0n) is 16.0. The summed E-state index contributed by atoms with van der Waals surface area (Å²) in [6, 6.07) is 18.9. The highest BCUT2D eigenvalue weighted by Gasteiger charge is 2.21. The lowest BCUT2D eigenvalue weighted by Crippen LogP contribution is -2.25. The molecule has 8 heteroatoms. The third-order valence-corrected chi connectivity index (χ3v) is 5.01. The molecule has 154 valence electrons. The summed E-state index contributed by atoms with van der Waals surface area (Å²) in [5, 5.41) is 16.3. The molecule has 0 spiro atoms. The minimum atomic E-state index is -1.16. The van der Waals surface area contributed by atoms with E-state index in [0.717, 1.165) is 11.1 Å². The van der Waals surface area contributed by atoms with Crippen molar-refractivity contribution in [3.63, 3.8) is 0 Å². The lowest BCUT2D eigenvalue weighted by atomic mass is 10.0. The van der Waals surface area contributed by atoms with E-state index in [9.17, 15) is 14.4 Å². The molecule has 0 fully saturated rings. The number of rotatable bonds is 9. The van der Waals surface area contributed by atoms with E-state index in [-0.39, 0.29) is 5.91 Å². The molecule has 0 bridgehead atoms. The summed E-state index contributed by atoms with van der Waals surface area (Å²) in [7, 11) is 0. The predicted molar refractivity (Wildman–Crippen MR) is 114 cm³/mol. The van der Waals surface area contributed by atoms with Crippen molar-refractivity contribution in [3.8, 4) is 11.1 Å². The van der Waals surface area contributed by atoms with Crippen LogP contribution < -0.4 is 10.6 Å². The standard InChI is InChI=1S/C22H20N2O5S/c25-18(12-29-13-19(26)27)24-22-20(17(14-30-22)16-9-5-2-6-10-16)21(28)23-11-15-7-3-1-4-8-15/h1-10,14H,11-13H2,(H,23,28)(H,24,25)(H,26,27). The van der Waals surface area contributed by atoms with Gasteiger partial charge in [-0.25, -0.2) is 4.79 Å². The fourth-order valence-electron chi connectivity index (χ4n) is 2.77. The van der Waals surface area contributed by atoms with Gasteiger partial charge in [-0.1, -0.05) is 60.7 Å². The summed E-state index contributed by atoms with van der Waals surface area (Å²) in [6.07, 6.45) is 0. The highest BCUT2D eigenvalue weighted by Crippen LogP contribution is 2.35. The average molecular weight is 424 g/mol. The van der Waals surface area contributed by atoms with Gasteiger partial charge in [0.2, 0.25) is 0 Å². The first-order valence-corrected chi connectivity index (χ1v) is 10.0. The monoisotopic (exact) mass is 424 g/mol. The maximum Gasteiger partial charge on any atom is 0.329 e. The molecule has 3 rings (SSSR count). The van der Waals surface area contributed by atoms with Crippen LogP contribution in [0.3, 0.4) is 0 Å². The zero-order chi connectivity index (χ0) is 21.3. The van der Waals surface area contributed by atoms with Gasteiger partial charge in [0.25, 0.3) is 11.8 Å². The highest BCUT2D eigenvalue weighted by molar-refractivity contribution is 7.15. The number of nitrogens with one attached hydrogen (secondary N) is 2. The van der Waals surface area contributed by atoms with Gasteiger partial charge in [-0.05, 0) is 11.1 Å². The second-order valence-corrected chi connectivity index (χ2v) is 7.20. The second kappa shape index (κ2) is 10.3. The van der Waals surface area contributed by atoms with Crippen molar-refractivity contribution in [2.75, 3.05) is 18.5 Å². The minimum absolute atomic E-state index is 0.319. The first-order valence-electron chi connectivity index (χ1n) is 9.13. The first-order chi connectivity index (χ1) is 14.5. The van der Waals surface area contributed by atoms with E-state index in [1.54, 1.807) is 5.38 Å². The van der Waals surface area contributed by atoms with E-state index in [0.29, 0.717) is 22.7 Å². The predicted octanol–water partition coefficient (Wildman–Crippen LogP) is 3.38. The normalized spacial score (nSPS) is 10.4. The lowest BCUT2D eigenvalue weighted by molar-refractivity contribution is -0.143. The van der Waals surface area contributed by atoms with E-state index < -0.39 is 25.1 Å². The molecule has 2 aromatic carbocycles. The Morgan fingerprint density at radius 3 is 2.27 bits per heavy atom. The van der Waals surface area contributed by atoms with Gasteiger partial charge in [0.05, 0.1) is 5.56 Å². The number of thiophene rings is 1. The summed E-state index contributed by atoms with van der Waals surface area (Å²) in [6.45, 7) is -0.646. The Balaban J connectivity index is 1.80. The summed E-state index contributed by atoms with van der Waals surface area (Å²) in [5.41, 5.74) is 2.86. The summed E-state index contributed by atoms with van der Waals surface area (Å²) in [4.78, 5) is 35.7. The van der Waals surface area contributed by atoms with E-state index in [1.807, 2.05) is 60.7 Å². The van der Waals surface area contributed by atoms with Crippen LogP contribution in [0.2, 0.25) is 0 Å². The molecule has 0 radical (unpaired) electrons. The van der Waals surface area contributed by atoms with Crippen molar-refractivity contribution in [2.24, 2.45) is 0 Å². The quantitative estimate of drug-likeness (QED) is 0.488. The number of aliphatic carboxylic acids is 1. The fraction of sp³-hybridized carbons (Fsp3) is 0.136. The Morgan fingerprint density at radius 1 is 0.933 bits per heavy atom. The highest BCUT2D eigenvalue weighted by atomic mass is 32.1. The number of hydrogen-bond donors (Lipinski definition) is 3. The Bertz CT molecular complexity index is 1020. The molecule has 0 atom stereocenters. The number of anilines is 1. The first kappa shape index (κ1) is 21.2. The van der Waals surface area contributed by atoms with Gasteiger partial charge in [0.15, 0.2) is 0 Å². The fourth-order valence-corrected chi connectivity index (χ4v) is 3.75. The largest absolute Gasteiger partial charge is 0.480 e. The number of amides is 2. The SMILES string of the molecule is O=C(O)COCC(=O)Nc1scc(-c2ccccc2)c1C(=O)NCc1ccccc1. The Hall–Kier alpha value is -3.49. The van der Waals surface area contributed by atoms with Crippen LogP contribution in [-0.2, 0) is 20.9 Å². The molecule has 0 unspecified atom stereocenters. The van der Waals surface area contributed by atoms with Gasteiger partial charge in [-0.3, -0.25) is 9.59 Å². The molecule has 3 aromatic rings. The van der Waals surface area contributed by atoms with Gasteiger partial charge in [-0.15, -0.1) is 11.3 Å². The molecule has 0 saturated heterocycles. The van der Waals surface area contributed by atoms with Gasteiger partial charge in [-0.2, -0.15) is 0 Å².